The topological polar surface area (TPSA) is 74.6 Å². The summed E-state index contributed by atoms with van der Waals surface area (Å²) in [6.45, 7) is 11.1. The summed E-state index contributed by atoms with van der Waals surface area (Å²) in [5.41, 5.74) is 0.879. The fourth-order valence-corrected chi connectivity index (χ4v) is 3.42. The van der Waals surface area contributed by atoms with Gasteiger partial charge in [-0.05, 0) is 34.6 Å². The summed E-state index contributed by atoms with van der Waals surface area (Å²) >= 11 is 0. The van der Waals surface area contributed by atoms with Gasteiger partial charge in [0.15, 0.2) is 5.41 Å². The van der Waals surface area contributed by atoms with E-state index in [1.54, 1.807) is 18.2 Å². The number of carbonyl (C=O) groups is 2. The Bertz CT molecular complexity index is 843. The third-order valence-electron chi connectivity index (χ3n) is 5.05. The molecule has 0 aliphatic heterocycles. The van der Waals surface area contributed by atoms with Gasteiger partial charge in [0.2, 0.25) is 0 Å². The predicted molar refractivity (Wildman–Crippen MR) is 107 cm³/mol. The smallest absolute Gasteiger partial charge is 0.321 e. The number of carboxylic acids is 2. The first kappa shape index (κ1) is 20.4. The Hall–Kier alpha value is -2.88. The van der Waals surface area contributed by atoms with E-state index in [2.05, 4.69) is 6.58 Å². The molecule has 0 heterocycles. The molecular weight excluding hydrogens is 340 g/mol. The van der Waals surface area contributed by atoms with Crippen molar-refractivity contribution >= 4 is 18.0 Å². The number of benzene rings is 2. The van der Waals surface area contributed by atoms with Crippen LogP contribution in [-0.4, -0.2) is 22.2 Å². The third kappa shape index (κ3) is 3.80. The van der Waals surface area contributed by atoms with Crippen molar-refractivity contribution in [1.82, 2.24) is 0 Å². The zero-order valence-electron chi connectivity index (χ0n) is 16.2. The van der Waals surface area contributed by atoms with Crippen LogP contribution in [0.5, 0.6) is 0 Å². The lowest BCUT2D eigenvalue weighted by Gasteiger charge is -2.35. The van der Waals surface area contributed by atoms with Crippen molar-refractivity contribution < 1.29 is 19.8 Å². The van der Waals surface area contributed by atoms with Gasteiger partial charge < -0.3 is 10.2 Å². The van der Waals surface area contributed by atoms with Gasteiger partial charge in [0.25, 0.3) is 0 Å². The fourth-order valence-electron chi connectivity index (χ4n) is 3.42. The second kappa shape index (κ2) is 7.39. The fraction of sp³-hybridized carbons (Fsp3) is 0.304. The average molecular weight is 366 g/mol. The zero-order chi connectivity index (χ0) is 20.4. The summed E-state index contributed by atoms with van der Waals surface area (Å²) < 4.78 is 0. The lowest BCUT2D eigenvalue weighted by atomic mass is 9.66. The molecule has 0 fully saturated rings. The molecule has 2 aromatic rings. The number of aliphatic carboxylic acids is 2. The van der Waals surface area contributed by atoms with Crippen LogP contribution in [0, 0.1) is 5.41 Å². The molecule has 0 aromatic heterocycles. The van der Waals surface area contributed by atoms with E-state index in [-0.39, 0.29) is 5.41 Å². The van der Waals surface area contributed by atoms with E-state index in [0.717, 1.165) is 11.1 Å². The van der Waals surface area contributed by atoms with Crippen molar-refractivity contribution in [1.29, 1.82) is 0 Å². The van der Waals surface area contributed by atoms with Crippen LogP contribution in [0.25, 0.3) is 6.08 Å². The summed E-state index contributed by atoms with van der Waals surface area (Å²) in [5, 5.41) is 19.8. The third-order valence-corrected chi connectivity index (χ3v) is 5.05. The van der Waals surface area contributed by atoms with E-state index in [1.807, 2.05) is 57.2 Å². The van der Waals surface area contributed by atoms with Crippen LogP contribution in [0.15, 0.2) is 55.1 Å². The maximum absolute atomic E-state index is 12.1. The number of hydrogen-bond acceptors (Lipinski definition) is 2. The van der Waals surface area contributed by atoms with Crippen molar-refractivity contribution in [2.75, 3.05) is 0 Å². The molecule has 0 saturated carbocycles. The van der Waals surface area contributed by atoms with E-state index in [1.165, 1.54) is 6.92 Å². The van der Waals surface area contributed by atoms with Gasteiger partial charge in [-0.1, -0.05) is 82.0 Å². The van der Waals surface area contributed by atoms with Crippen molar-refractivity contribution in [2.45, 2.75) is 39.0 Å². The monoisotopic (exact) mass is 366 g/mol. The molecule has 0 aliphatic carbocycles. The van der Waals surface area contributed by atoms with Crippen LogP contribution < -0.4 is 0 Å². The molecule has 2 N–H and O–H groups in total. The number of rotatable bonds is 6. The largest absolute Gasteiger partial charge is 0.480 e. The molecule has 1 atom stereocenters. The summed E-state index contributed by atoms with van der Waals surface area (Å²) in [4.78, 5) is 24.3. The minimum Gasteiger partial charge on any atom is -0.480 e. The Morgan fingerprint density at radius 1 is 0.926 bits per heavy atom. The Kier molecular flexibility index (Phi) is 5.59. The van der Waals surface area contributed by atoms with E-state index >= 15 is 0 Å². The summed E-state index contributed by atoms with van der Waals surface area (Å²) in [5.74, 6) is -3.57. The first-order valence-corrected chi connectivity index (χ1v) is 8.82. The highest BCUT2D eigenvalue weighted by atomic mass is 16.4. The second-order valence-electron chi connectivity index (χ2n) is 7.95. The van der Waals surface area contributed by atoms with Crippen molar-refractivity contribution in [3.8, 4) is 0 Å². The van der Waals surface area contributed by atoms with E-state index < -0.39 is 23.3 Å². The molecular formula is C23H26O4. The van der Waals surface area contributed by atoms with Crippen LogP contribution >= 0.6 is 0 Å². The molecule has 1 unspecified atom stereocenters. The lowest BCUT2D eigenvalue weighted by Crippen LogP contribution is -2.43. The lowest BCUT2D eigenvalue weighted by molar-refractivity contribution is -0.164. The van der Waals surface area contributed by atoms with E-state index in [0.29, 0.717) is 11.1 Å². The molecule has 27 heavy (non-hydrogen) atoms. The minimum absolute atomic E-state index is 0.270. The molecule has 2 aromatic carbocycles. The normalized spacial score (nSPS) is 13.0. The van der Waals surface area contributed by atoms with Crippen molar-refractivity contribution in [2.24, 2.45) is 5.41 Å². The first-order chi connectivity index (χ1) is 12.5. The van der Waals surface area contributed by atoms with Crippen molar-refractivity contribution in [3.05, 3.63) is 77.4 Å². The molecule has 2 rings (SSSR count). The standard InChI is InChI=1S/C23H26O4/c1-6-15-11-13-16(14-12-15)19(23(5,20(24)25)21(26)27)17-9-7-8-10-18(17)22(2,3)4/h6-14,19H,1H2,2-5H3,(H,24,25)(H,26,27). The van der Waals surface area contributed by atoms with Crippen LogP contribution in [0.1, 0.15) is 55.9 Å². The van der Waals surface area contributed by atoms with Gasteiger partial charge in [-0.25, -0.2) is 0 Å². The van der Waals surface area contributed by atoms with Crippen LogP contribution in [0.2, 0.25) is 0 Å². The van der Waals surface area contributed by atoms with Gasteiger partial charge in [-0.15, -0.1) is 0 Å². The first-order valence-electron chi connectivity index (χ1n) is 8.82. The average Bonchev–Trinajstić information content (AvgIpc) is 2.61. The molecule has 0 radical (unpaired) electrons. The molecule has 142 valence electrons. The SMILES string of the molecule is C=Cc1ccc(C(c2ccccc2C(C)(C)C)C(C)(C(=O)O)C(=O)O)cc1. The Morgan fingerprint density at radius 3 is 1.89 bits per heavy atom. The molecule has 0 amide bonds. The maximum atomic E-state index is 12.1. The van der Waals surface area contributed by atoms with Crippen LogP contribution in [-0.2, 0) is 15.0 Å². The van der Waals surface area contributed by atoms with Gasteiger partial charge >= 0.3 is 11.9 Å². The highest BCUT2D eigenvalue weighted by molar-refractivity contribution is 5.99. The van der Waals surface area contributed by atoms with Gasteiger partial charge in [-0.2, -0.15) is 0 Å². The Balaban J connectivity index is 2.84. The summed E-state index contributed by atoms with van der Waals surface area (Å²) in [6.07, 6.45) is 1.69. The van der Waals surface area contributed by atoms with Crippen LogP contribution in [0.4, 0.5) is 0 Å². The summed E-state index contributed by atoms with van der Waals surface area (Å²) in [7, 11) is 0. The van der Waals surface area contributed by atoms with Crippen LogP contribution in [0.3, 0.4) is 0 Å². The predicted octanol–water partition coefficient (Wildman–Crippen LogP) is 4.93. The number of hydrogen-bond donors (Lipinski definition) is 2. The second-order valence-corrected chi connectivity index (χ2v) is 7.95. The Morgan fingerprint density at radius 2 is 1.44 bits per heavy atom. The molecule has 0 bridgehead atoms. The molecule has 4 heteroatoms. The molecule has 0 saturated heterocycles. The van der Waals surface area contributed by atoms with Gasteiger partial charge in [0.05, 0.1) is 0 Å². The zero-order valence-corrected chi connectivity index (χ0v) is 16.2. The van der Waals surface area contributed by atoms with Gasteiger partial charge in [-0.3, -0.25) is 9.59 Å². The summed E-state index contributed by atoms with van der Waals surface area (Å²) in [6, 6.07) is 14.7. The highest BCUT2D eigenvalue weighted by Gasteiger charge is 2.51. The molecule has 4 nitrogen and oxygen atoms in total. The van der Waals surface area contributed by atoms with Gasteiger partial charge in [0, 0.05) is 5.92 Å². The maximum Gasteiger partial charge on any atom is 0.321 e. The highest BCUT2D eigenvalue weighted by Crippen LogP contribution is 2.45. The minimum atomic E-state index is -2.02. The van der Waals surface area contributed by atoms with Crippen molar-refractivity contribution in [3.63, 3.8) is 0 Å². The van der Waals surface area contributed by atoms with E-state index in [4.69, 9.17) is 0 Å². The Labute approximate surface area is 160 Å². The molecule has 0 spiro atoms. The molecule has 0 aliphatic rings. The quantitative estimate of drug-likeness (QED) is 0.711. The van der Waals surface area contributed by atoms with E-state index in [9.17, 15) is 19.8 Å². The van der Waals surface area contributed by atoms with Gasteiger partial charge in [0.1, 0.15) is 0 Å². The number of carboxylic acid groups (broad SMARTS) is 2.